The van der Waals surface area contributed by atoms with E-state index in [0.29, 0.717) is 54.1 Å². The van der Waals surface area contributed by atoms with Crippen LogP contribution in [0.5, 0.6) is 0 Å². The largest absolute Gasteiger partial charge is 0.374 e. The van der Waals surface area contributed by atoms with E-state index in [1.165, 1.54) is 12.3 Å². The number of piperidine rings is 2. The molecule has 3 aliphatic heterocycles. The predicted octanol–water partition coefficient (Wildman–Crippen LogP) is 5.28. The Morgan fingerprint density at radius 1 is 0.828 bits per heavy atom. The molecule has 5 fully saturated rings. The number of morpholine rings is 1. The van der Waals surface area contributed by atoms with E-state index in [1.807, 2.05) is 18.2 Å². The zero-order chi connectivity index (χ0) is 40.2. The number of halogens is 2. The Kier molecular flexibility index (Phi) is 12.3. The van der Waals surface area contributed by atoms with Crippen LogP contribution in [0.3, 0.4) is 0 Å². The number of hydrogen-bond acceptors (Lipinski definition) is 10. The van der Waals surface area contributed by atoms with E-state index in [9.17, 15) is 23.6 Å². The summed E-state index contributed by atoms with van der Waals surface area (Å²) < 4.78 is 35.5. The molecule has 1 unspecified atom stereocenters. The molecule has 2 saturated carbocycles. The zero-order valence-corrected chi connectivity index (χ0v) is 32.7. The fourth-order valence-corrected chi connectivity index (χ4v) is 9.39. The number of nitrogens with one attached hydrogen (secondary N) is 4. The van der Waals surface area contributed by atoms with Gasteiger partial charge in [-0.1, -0.05) is 18.2 Å². The van der Waals surface area contributed by atoms with E-state index in [1.54, 1.807) is 23.1 Å². The molecule has 4 N–H and O–H groups in total. The molecule has 4 amide bonds. The number of benzene rings is 2. The van der Waals surface area contributed by atoms with Crippen molar-refractivity contribution in [3.8, 4) is 11.3 Å². The Balaban J connectivity index is 0.754. The van der Waals surface area contributed by atoms with Crippen LogP contribution in [0.15, 0.2) is 48.7 Å². The van der Waals surface area contributed by atoms with Crippen molar-refractivity contribution in [1.82, 2.24) is 25.5 Å². The Bertz CT molecular complexity index is 1990. The number of amides is 4. The van der Waals surface area contributed by atoms with Crippen molar-refractivity contribution in [3.63, 3.8) is 0 Å². The monoisotopic (exact) mass is 798 g/mol. The minimum absolute atomic E-state index is 0.0111. The molecule has 13 nitrogen and oxygen atoms in total. The maximum Gasteiger partial charge on any atom is 0.253 e. The number of anilines is 3. The second-order valence-electron chi connectivity index (χ2n) is 16.4. The van der Waals surface area contributed by atoms with E-state index in [0.717, 1.165) is 77.3 Å². The second kappa shape index (κ2) is 17.9. The van der Waals surface area contributed by atoms with Gasteiger partial charge in [-0.05, 0) is 119 Å². The van der Waals surface area contributed by atoms with E-state index in [4.69, 9.17) is 4.74 Å². The van der Waals surface area contributed by atoms with Crippen LogP contribution in [0.25, 0.3) is 11.3 Å². The van der Waals surface area contributed by atoms with Gasteiger partial charge < -0.3 is 30.5 Å². The first kappa shape index (κ1) is 39.8. The average Bonchev–Trinajstić information content (AvgIpc) is 3.24. The summed E-state index contributed by atoms with van der Waals surface area (Å²) in [6.45, 7) is 2.70. The van der Waals surface area contributed by atoms with Gasteiger partial charge in [-0.25, -0.2) is 18.7 Å². The number of rotatable bonds is 10. The first-order valence-corrected chi connectivity index (χ1v) is 20.9. The molecule has 8 rings (SSSR count). The molecule has 4 heterocycles. The highest BCUT2D eigenvalue weighted by molar-refractivity contribution is 6.01. The summed E-state index contributed by atoms with van der Waals surface area (Å²) in [6, 6.07) is 12.3. The maximum atomic E-state index is 15.3. The second-order valence-corrected chi connectivity index (χ2v) is 16.4. The van der Waals surface area contributed by atoms with Crippen LogP contribution in [0.2, 0.25) is 0 Å². The smallest absolute Gasteiger partial charge is 0.253 e. The third-order valence-corrected chi connectivity index (χ3v) is 12.7. The molecule has 58 heavy (non-hydrogen) atoms. The Morgan fingerprint density at radius 2 is 1.60 bits per heavy atom. The first-order valence-electron chi connectivity index (χ1n) is 20.9. The summed E-state index contributed by atoms with van der Waals surface area (Å²) in [5, 5.41) is 12.1. The number of ether oxygens (including phenoxy) is 1. The van der Waals surface area contributed by atoms with Gasteiger partial charge in [0.2, 0.25) is 23.7 Å². The summed E-state index contributed by atoms with van der Waals surface area (Å²) in [4.78, 5) is 62.2. The number of likely N-dealkylation sites (tertiary alicyclic amines) is 1. The number of aromatic nitrogens is 2. The zero-order valence-electron chi connectivity index (χ0n) is 32.7. The van der Waals surface area contributed by atoms with Crippen molar-refractivity contribution in [1.29, 1.82) is 0 Å². The van der Waals surface area contributed by atoms with Gasteiger partial charge in [-0.15, -0.1) is 0 Å². The van der Waals surface area contributed by atoms with Gasteiger partial charge in [0.25, 0.3) is 5.91 Å². The molecule has 3 saturated heterocycles. The van der Waals surface area contributed by atoms with Crippen molar-refractivity contribution in [3.05, 3.63) is 65.9 Å². The standard InChI is InChI=1S/C43H52F2N8O5/c44-35-23-31(47-37-14-15-38(54)50-42(37)57)10-13-34(35)26-16-18-52(19-17-26)32-11-4-27(5-12-32)41(56)48-29-6-8-30(9-7-29)49-43-46-24-36(45)40(51-43)28-2-1-3-33(22-28)53-20-21-58-25-39(53)55/h1-3,10,13,22-24,26-27,29-30,32,37,47H,4-9,11-12,14-21,25H2,(H,48,56)(H,46,49,51)(H,50,54,57). The van der Waals surface area contributed by atoms with Crippen molar-refractivity contribution in [2.75, 3.05) is 48.4 Å². The highest BCUT2D eigenvalue weighted by atomic mass is 19.1. The topological polar surface area (TPSA) is 158 Å². The fraction of sp³-hybridized carbons (Fsp3) is 0.535. The van der Waals surface area contributed by atoms with Crippen LogP contribution >= 0.6 is 0 Å². The van der Waals surface area contributed by atoms with Crippen LogP contribution in [-0.4, -0.2) is 95.5 Å². The predicted molar refractivity (Wildman–Crippen MR) is 214 cm³/mol. The summed E-state index contributed by atoms with van der Waals surface area (Å²) in [7, 11) is 0. The van der Waals surface area contributed by atoms with Crippen molar-refractivity contribution >= 4 is 41.0 Å². The number of carbonyl (C=O) groups excluding carboxylic acids is 4. The minimum Gasteiger partial charge on any atom is -0.374 e. The lowest BCUT2D eigenvalue weighted by atomic mass is 9.82. The van der Waals surface area contributed by atoms with Gasteiger partial charge >= 0.3 is 0 Å². The van der Waals surface area contributed by atoms with Gasteiger partial charge in [-0.2, -0.15) is 0 Å². The molecule has 0 spiro atoms. The molecule has 1 aromatic heterocycles. The Hall–Kier alpha value is -5.02. The molecule has 15 heteroatoms. The third-order valence-electron chi connectivity index (χ3n) is 12.7. The summed E-state index contributed by atoms with van der Waals surface area (Å²) in [5.74, 6) is -0.976. The number of imide groups is 1. The number of hydrogen-bond donors (Lipinski definition) is 4. The van der Waals surface area contributed by atoms with Gasteiger partial charge in [0.1, 0.15) is 24.2 Å². The van der Waals surface area contributed by atoms with Gasteiger partial charge in [0.05, 0.1) is 12.8 Å². The van der Waals surface area contributed by atoms with E-state index < -0.39 is 11.9 Å². The van der Waals surface area contributed by atoms with Gasteiger partial charge in [0, 0.05) is 53.9 Å². The highest BCUT2D eigenvalue weighted by Gasteiger charge is 2.34. The molecule has 0 bridgehead atoms. The molecule has 0 radical (unpaired) electrons. The summed E-state index contributed by atoms with van der Waals surface area (Å²) in [5.41, 5.74) is 2.64. The molecular formula is C43H52F2N8O5. The Labute approximate surface area is 337 Å². The number of carbonyl (C=O) groups is 4. The quantitative estimate of drug-likeness (QED) is 0.199. The molecule has 2 aliphatic carbocycles. The van der Waals surface area contributed by atoms with E-state index in [-0.39, 0.29) is 72.1 Å². The summed E-state index contributed by atoms with van der Waals surface area (Å²) >= 11 is 0. The van der Waals surface area contributed by atoms with Crippen molar-refractivity contribution in [2.45, 2.75) is 107 Å². The lowest BCUT2D eigenvalue weighted by Gasteiger charge is -2.41. The van der Waals surface area contributed by atoms with Gasteiger partial charge in [-0.3, -0.25) is 24.5 Å². The van der Waals surface area contributed by atoms with Crippen molar-refractivity contribution in [2.24, 2.45) is 5.92 Å². The van der Waals surface area contributed by atoms with Crippen LogP contribution in [0.1, 0.15) is 88.5 Å². The lowest BCUT2D eigenvalue weighted by molar-refractivity contribution is -0.133. The van der Waals surface area contributed by atoms with Crippen LogP contribution in [0.4, 0.5) is 26.1 Å². The van der Waals surface area contributed by atoms with Crippen molar-refractivity contribution < 1.29 is 32.7 Å². The molecule has 3 aromatic rings. The number of nitrogens with zero attached hydrogens (tertiary/aromatic N) is 4. The SMILES string of the molecule is O=C1CCC(Nc2ccc(C3CCN(C4CCC(C(=O)NC5CCC(Nc6ncc(F)c(-c7cccc(N8CCOCC8=O)c7)n6)CC5)CC4)CC3)c(F)c2)C(=O)N1. The molecule has 2 aromatic carbocycles. The Morgan fingerprint density at radius 3 is 2.34 bits per heavy atom. The van der Waals surface area contributed by atoms with E-state index in [2.05, 4.69) is 36.1 Å². The van der Waals surface area contributed by atoms with Crippen LogP contribution in [0, 0.1) is 17.6 Å². The lowest BCUT2D eigenvalue weighted by Crippen LogP contribution is -2.47. The molecular weight excluding hydrogens is 747 g/mol. The third kappa shape index (κ3) is 9.31. The van der Waals surface area contributed by atoms with Crippen LogP contribution in [-0.2, 0) is 23.9 Å². The first-order chi connectivity index (χ1) is 28.2. The van der Waals surface area contributed by atoms with Crippen LogP contribution < -0.4 is 26.2 Å². The highest BCUT2D eigenvalue weighted by Crippen LogP contribution is 2.36. The van der Waals surface area contributed by atoms with E-state index >= 15 is 4.39 Å². The van der Waals surface area contributed by atoms with Gasteiger partial charge in [0.15, 0.2) is 5.82 Å². The summed E-state index contributed by atoms with van der Waals surface area (Å²) in [6.07, 6.45) is 10.6. The molecule has 5 aliphatic rings. The maximum absolute atomic E-state index is 15.3. The minimum atomic E-state index is -0.551. The fourth-order valence-electron chi connectivity index (χ4n) is 9.39. The average molecular weight is 799 g/mol. The molecule has 308 valence electrons. The molecule has 1 atom stereocenters. The normalized spacial score (nSPS) is 26.2.